The Bertz CT molecular complexity index is 616. The largest absolute Gasteiger partial charge is 0.496 e. The summed E-state index contributed by atoms with van der Waals surface area (Å²) in [4.78, 5) is 12.1. The average Bonchev–Trinajstić information content (AvgIpc) is 2.38. The number of rotatable bonds is 3. The number of carbonyl (C=O) groups excluding carboxylic acids is 1. The van der Waals surface area contributed by atoms with E-state index in [1.54, 1.807) is 25.3 Å². The van der Waals surface area contributed by atoms with Crippen LogP contribution in [0.3, 0.4) is 0 Å². The van der Waals surface area contributed by atoms with Crippen LogP contribution in [0.2, 0.25) is 0 Å². The first-order valence-electron chi connectivity index (χ1n) is 5.50. The molecule has 0 unspecified atom stereocenters. The molecule has 2 rings (SSSR count). The second-order valence-electron chi connectivity index (χ2n) is 3.81. The summed E-state index contributed by atoms with van der Waals surface area (Å²) in [5.41, 5.74) is 1.36. The molecule has 98 valence electrons. The van der Waals surface area contributed by atoms with E-state index in [0.29, 0.717) is 11.3 Å². The number of hydrogen-bond acceptors (Lipinski definition) is 2. The third-order valence-electron chi connectivity index (χ3n) is 2.50. The maximum atomic E-state index is 12.1. The summed E-state index contributed by atoms with van der Waals surface area (Å²) < 4.78 is 6.96. The quantitative estimate of drug-likeness (QED) is 0.735. The predicted octanol–water partition coefficient (Wildman–Crippen LogP) is 4.31. The molecule has 0 atom stereocenters. The lowest BCUT2D eigenvalue weighted by molar-refractivity contribution is 0.102. The number of anilines is 1. The molecule has 0 aliphatic carbocycles. The zero-order valence-corrected chi connectivity index (χ0v) is 13.9. The molecule has 2 aromatic rings. The van der Waals surface area contributed by atoms with Crippen molar-refractivity contribution in [2.24, 2.45) is 0 Å². The molecule has 19 heavy (non-hydrogen) atoms. The molecule has 0 fully saturated rings. The van der Waals surface area contributed by atoms with E-state index in [9.17, 15) is 4.79 Å². The number of hydrogen-bond donors (Lipinski definition) is 1. The van der Waals surface area contributed by atoms with E-state index in [2.05, 4.69) is 43.8 Å². The van der Waals surface area contributed by atoms with Gasteiger partial charge in [0.25, 0.3) is 5.91 Å². The molecule has 2 aromatic carbocycles. The first-order valence-corrected chi connectivity index (χ1v) is 7.38. The van der Waals surface area contributed by atoms with Crippen molar-refractivity contribution in [3.8, 4) is 5.75 Å². The highest BCUT2D eigenvalue weighted by Gasteiger charge is 2.09. The van der Waals surface area contributed by atoms with Gasteiger partial charge < -0.3 is 10.1 Å². The SMILES string of the molecule is COc1ccc(C(=O)Nc2cccc(I)c2)cc1Br. The molecule has 5 heteroatoms. The van der Waals surface area contributed by atoms with E-state index in [4.69, 9.17) is 4.74 Å². The third kappa shape index (κ3) is 3.70. The van der Waals surface area contributed by atoms with E-state index in [1.807, 2.05) is 24.3 Å². The van der Waals surface area contributed by atoms with Crippen molar-refractivity contribution in [2.45, 2.75) is 0 Å². The third-order valence-corrected chi connectivity index (χ3v) is 3.79. The van der Waals surface area contributed by atoms with Gasteiger partial charge in [-0.15, -0.1) is 0 Å². The van der Waals surface area contributed by atoms with Crippen molar-refractivity contribution in [1.29, 1.82) is 0 Å². The van der Waals surface area contributed by atoms with Gasteiger partial charge >= 0.3 is 0 Å². The lowest BCUT2D eigenvalue weighted by Gasteiger charge is -2.08. The summed E-state index contributed by atoms with van der Waals surface area (Å²) in [6, 6.07) is 12.9. The number of amides is 1. The first-order chi connectivity index (χ1) is 9.10. The number of ether oxygens (including phenoxy) is 1. The van der Waals surface area contributed by atoms with Crippen molar-refractivity contribution in [1.82, 2.24) is 0 Å². The van der Waals surface area contributed by atoms with Crippen molar-refractivity contribution < 1.29 is 9.53 Å². The van der Waals surface area contributed by atoms with E-state index < -0.39 is 0 Å². The predicted molar refractivity (Wildman–Crippen MR) is 87.8 cm³/mol. The Morgan fingerprint density at radius 2 is 2.05 bits per heavy atom. The van der Waals surface area contributed by atoms with Crippen LogP contribution in [-0.2, 0) is 0 Å². The molecule has 0 heterocycles. The normalized spacial score (nSPS) is 10.1. The van der Waals surface area contributed by atoms with Crippen LogP contribution < -0.4 is 10.1 Å². The summed E-state index contributed by atoms with van der Waals surface area (Å²) in [6.45, 7) is 0. The summed E-state index contributed by atoms with van der Waals surface area (Å²) in [5.74, 6) is 0.552. The zero-order valence-electron chi connectivity index (χ0n) is 10.1. The molecule has 0 saturated heterocycles. The molecule has 0 aliphatic heterocycles. The van der Waals surface area contributed by atoms with E-state index in [0.717, 1.165) is 13.7 Å². The summed E-state index contributed by atoms with van der Waals surface area (Å²) in [5, 5.41) is 2.86. The minimum Gasteiger partial charge on any atom is -0.496 e. The van der Waals surface area contributed by atoms with E-state index in [1.165, 1.54) is 0 Å². The molecule has 0 spiro atoms. The fourth-order valence-electron chi connectivity index (χ4n) is 1.58. The van der Waals surface area contributed by atoms with Crippen LogP contribution >= 0.6 is 38.5 Å². The lowest BCUT2D eigenvalue weighted by Crippen LogP contribution is -2.11. The van der Waals surface area contributed by atoms with Gasteiger partial charge in [-0.3, -0.25) is 4.79 Å². The fourth-order valence-corrected chi connectivity index (χ4v) is 2.66. The van der Waals surface area contributed by atoms with Crippen LogP contribution in [0.4, 0.5) is 5.69 Å². The second-order valence-corrected chi connectivity index (χ2v) is 5.91. The van der Waals surface area contributed by atoms with Gasteiger partial charge in [0.15, 0.2) is 0 Å². The van der Waals surface area contributed by atoms with Gasteiger partial charge in [-0.25, -0.2) is 0 Å². The van der Waals surface area contributed by atoms with Crippen LogP contribution in [0, 0.1) is 3.57 Å². The van der Waals surface area contributed by atoms with Crippen molar-refractivity contribution in [3.05, 3.63) is 56.1 Å². The molecule has 0 radical (unpaired) electrons. The highest BCUT2D eigenvalue weighted by atomic mass is 127. The molecule has 1 N–H and O–H groups in total. The van der Waals surface area contributed by atoms with E-state index >= 15 is 0 Å². The Hall–Kier alpha value is -1.08. The van der Waals surface area contributed by atoms with Gasteiger partial charge in [-0.2, -0.15) is 0 Å². The molecular formula is C14H11BrINO2. The Labute approximate surface area is 133 Å². The van der Waals surface area contributed by atoms with Gasteiger partial charge in [0.2, 0.25) is 0 Å². The van der Waals surface area contributed by atoms with Crippen LogP contribution in [0.25, 0.3) is 0 Å². The van der Waals surface area contributed by atoms with Gasteiger partial charge in [0, 0.05) is 14.8 Å². The maximum absolute atomic E-state index is 12.1. The number of nitrogens with one attached hydrogen (secondary N) is 1. The summed E-state index contributed by atoms with van der Waals surface area (Å²) in [7, 11) is 1.59. The Morgan fingerprint density at radius 1 is 1.26 bits per heavy atom. The van der Waals surface area contributed by atoms with Gasteiger partial charge in [-0.1, -0.05) is 6.07 Å². The molecule has 1 amide bonds. The smallest absolute Gasteiger partial charge is 0.255 e. The molecule has 0 saturated carbocycles. The highest BCUT2D eigenvalue weighted by Crippen LogP contribution is 2.26. The Balaban J connectivity index is 2.18. The van der Waals surface area contributed by atoms with Crippen LogP contribution in [0.15, 0.2) is 46.9 Å². The summed E-state index contributed by atoms with van der Waals surface area (Å²) in [6.07, 6.45) is 0. The van der Waals surface area contributed by atoms with Gasteiger partial charge in [-0.05, 0) is 74.9 Å². The number of halogens is 2. The van der Waals surface area contributed by atoms with Crippen LogP contribution in [0.5, 0.6) is 5.75 Å². The zero-order chi connectivity index (χ0) is 13.8. The molecule has 0 aliphatic rings. The highest BCUT2D eigenvalue weighted by molar-refractivity contribution is 14.1. The minimum atomic E-state index is -0.148. The Morgan fingerprint density at radius 3 is 2.68 bits per heavy atom. The number of carbonyl (C=O) groups is 1. The molecule has 0 bridgehead atoms. The van der Waals surface area contributed by atoms with E-state index in [-0.39, 0.29) is 5.91 Å². The maximum Gasteiger partial charge on any atom is 0.255 e. The minimum absolute atomic E-state index is 0.148. The summed E-state index contributed by atoms with van der Waals surface area (Å²) >= 11 is 5.57. The molecule has 3 nitrogen and oxygen atoms in total. The van der Waals surface area contributed by atoms with Crippen molar-refractivity contribution in [2.75, 3.05) is 12.4 Å². The standard InChI is InChI=1S/C14H11BrINO2/c1-19-13-6-5-9(7-12(13)15)14(18)17-11-4-2-3-10(16)8-11/h2-8H,1H3,(H,17,18). The van der Waals surface area contributed by atoms with Crippen molar-refractivity contribution in [3.63, 3.8) is 0 Å². The number of methoxy groups -OCH3 is 1. The fraction of sp³-hybridized carbons (Fsp3) is 0.0714. The molecule has 0 aromatic heterocycles. The lowest BCUT2D eigenvalue weighted by atomic mass is 10.2. The van der Waals surface area contributed by atoms with Gasteiger partial charge in [0.1, 0.15) is 5.75 Å². The van der Waals surface area contributed by atoms with Crippen molar-refractivity contribution >= 4 is 50.1 Å². The second kappa shape index (κ2) is 6.38. The van der Waals surface area contributed by atoms with Gasteiger partial charge in [0.05, 0.1) is 11.6 Å². The van der Waals surface area contributed by atoms with Crippen LogP contribution in [0.1, 0.15) is 10.4 Å². The first kappa shape index (κ1) is 14.3. The molecular weight excluding hydrogens is 421 g/mol. The van der Waals surface area contributed by atoms with Crippen LogP contribution in [-0.4, -0.2) is 13.0 Å². The topological polar surface area (TPSA) is 38.3 Å². The number of benzene rings is 2. The Kier molecular flexibility index (Phi) is 4.81. The average molecular weight is 432 g/mol. The monoisotopic (exact) mass is 431 g/mol.